The first-order valence-corrected chi connectivity index (χ1v) is 11.7. The smallest absolute Gasteiger partial charge is 0.194 e. The highest BCUT2D eigenvalue weighted by Gasteiger charge is 2.41. The van der Waals surface area contributed by atoms with Gasteiger partial charge in [-0.05, 0) is 52.8 Å². The zero-order chi connectivity index (χ0) is 21.3. The number of hydrogen-bond donors (Lipinski definition) is 1. The third-order valence-corrected chi connectivity index (χ3v) is 6.34. The zero-order valence-electron chi connectivity index (χ0n) is 19.8. The normalized spacial score (nSPS) is 22.0. The van der Waals surface area contributed by atoms with Crippen LogP contribution in [-0.4, -0.2) is 91.8 Å². The molecule has 0 radical (unpaired) electrons. The van der Waals surface area contributed by atoms with E-state index in [1.54, 1.807) is 0 Å². The summed E-state index contributed by atoms with van der Waals surface area (Å²) in [4.78, 5) is 12.3. The largest absolute Gasteiger partial charge is 0.373 e. The van der Waals surface area contributed by atoms with Gasteiger partial charge in [0.2, 0.25) is 0 Å². The number of hydrogen-bond acceptors (Lipinski definition) is 4. The molecule has 1 aromatic rings. The van der Waals surface area contributed by atoms with E-state index in [1.807, 2.05) is 0 Å². The highest BCUT2D eigenvalue weighted by Crippen LogP contribution is 2.24. The van der Waals surface area contributed by atoms with Crippen LogP contribution >= 0.6 is 24.0 Å². The molecule has 0 bridgehead atoms. The van der Waals surface area contributed by atoms with E-state index in [4.69, 9.17) is 9.73 Å². The SMILES string of the molecule is CCNC(=NCCCCN(C)C(C)C)N1CC2OCCN(Cc3ccccc3)C2C1.I. The zero-order valence-corrected chi connectivity index (χ0v) is 22.1. The molecule has 6 nitrogen and oxygen atoms in total. The Morgan fingerprint density at radius 1 is 1.23 bits per heavy atom. The molecule has 0 amide bonds. The van der Waals surface area contributed by atoms with Crippen molar-refractivity contribution in [1.82, 2.24) is 20.0 Å². The highest BCUT2D eigenvalue weighted by atomic mass is 127. The standard InChI is InChI=1S/C24H41N5O.HI/c1-5-25-24(26-13-9-10-14-27(4)20(2)3)29-18-22-23(19-29)30-16-15-28(22)17-21-11-7-6-8-12-21;/h6-8,11-12,20,22-23H,5,9-10,13-19H2,1-4H3,(H,25,26);1H. The molecule has 2 aliphatic rings. The minimum atomic E-state index is 0. The van der Waals surface area contributed by atoms with E-state index in [-0.39, 0.29) is 30.1 Å². The number of guanidine groups is 1. The monoisotopic (exact) mass is 543 g/mol. The molecule has 2 heterocycles. The molecule has 0 aromatic heterocycles. The molecular weight excluding hydrogens is 501 g/mol. The number of morpholine rings is 1. The molecule has 2 atom stereocenters. The molecule has 0 saturated carbocycles. The van der Waals surface area contributed by atoms with Gasteiger partial charge in [-0.15, -0.1) is 24.0 Å². The number of likely N-dealkylation sites (tertiary alicyclic amines) is 1. The maximum Gasteiger partial charge on any atom is 0.194 e. The summed E-state index contributed by atoms with van der Waals surface area (Å²) < 4.78 is 6.15. The van der Waals surface area contributed by atoms with Crippen LogP contribution in [0.25, 0.3) is 0 Å². The lowest BCUT2D eigenvalue weighted by Gasteiger charge is -2.36. The van der Waals surface area contributed by atoms with Crippen molar-refractivity contribution < 1.29 is 4.74 Å². The predicted molar refractivity (Wildman–Crippen MR) is 140 cm³/mol. The van der Waals surface area contributed by atoms with Gasteiger partial charge in [0.15, 0.2) is 5.96 Å². The molecular formula is C24H42IN5O. The van der Waals surface area contributed by atoms with E-state index >= 15 is 0 Å². The van der Waals surface area contributed by atoms with Gasteiger partial charge in [-0.1, -0.05) is 30.3 Å². The summed E-state index contributed by atoms with van der Waals surface area (Å²) in [5, 5.41) is 3.51. The lowest BCUT2D eigenvalue weighted by Crippen LogP contribution is -2.50. The fourth-order valence-corrected chi connectivity index (χ4v) is 4.29. The van der Waals surface area contributed by atoms with Gasteiger partial charge >= 0.3 is 0 Å². The van der Waals surface area contributed by atoms with Crippen molar-refractivity contribution in [2.24, 2.45) is 4.99 Å². The van der Waals surface area contributed by atoms with E-state index in [0.29, 0.717) is 12.1 Å². The van der Waals surface area contributed by atoms with Crippen LogP contribution in [0, 0.1) is 0 Å². The van der Waals surface area contributed by atoms with Gasteiger partial charge in [0.25, 0.3) is 0 Å². The van der Waals surface area contributed by atoms with Crippen LogP contribution in [-0.2, 0) is 11.3 Å². The van der Waals surface area contributed by atoms with E-state index < -0.39 is 0 Å². The van der Waals surface area contributed by atoms with E-state index in [2.05, 4.69) is 78.2 Å². The van der Waals surface area contributed by atoms with Crippen molar-refractivity contribution >= 4 is 29.9 Å². The van der Waals surface area contributed by atoms with Crippen LogP contribution in [0.15, 0.2) is 35.3 Å². The average molecular weight is 544 g/mol. The number of ether oxygens (including phenoxy) is 1. The Balaban J connectivity index is 0.00000341. The lowest BCUT2D eigenvalue weighted by molar-refractivity contribution is -0.0502. The molecule has 2 saturated heterocycles. The van der Waals surface area contributed by atoms with Crippen LogP contribution in [0.3, 0.4) is 0 Å². The number of unbranched alkanes of at least 4 members (excludes halogenated alkanes) is 1. The second-order valence-electron chi connectivity index (χ2n) is 8.85. The third-order valence-electron chi connectivity index (χ3n) is 6.34. The fraction of sp³-hybridized carbons (Fsp3) is 0.708. The van der Waals surface area contributed by atoms with Crippen molar-refractivity contribution in [3.63, 3.8) is 0 Å². The molecule has 7 heteroatoms. The van der Waals surface area contributed by atoms with Gasteiger partial charge in [0.05, 0.1) is 18.8 Å². The molecule has 176 valence electrons. The Labute approximate surface area is 206 Å². The van der Waals surface area contributed by atoms with E-state index in [9.17, 15) is 0 Å². The van der Waals surface area contributed by atoms with Crippen molar-refractivity contribution in [3.8, 4) is 0 Å². The highest BCUT2D eigenvalue weighted by molar-refractivity contribution is 14.0. The van der Waals surface area contributed by atoms with Crippen LogP contribution < -0.4 is 5.32 Å². The molecule has 2 unspecified atom stereocenters. The Kier molecular flexibility index (Phi) is 11.6. The van der Waals surface area contributed by atoms with Crippen molar-refractivity contribution in [3.05, 3.63) is 35.9 Å². The van der Waals surface area contributed by atoms with E-state index in [1.165, 1.54) is 12.0 Å². The summed E-state index contributed by atoms with van der Waals surface area (Å²) in [7, 11) is 2.20. The van der Waals surface area contributed by atoms with Gasteiger partial charge in [0, 0.05) is 45.3 Å². The topological polar surface area (TPSA) is 43.3 Å². The molecule has 1 N–H and O–H groups in total. The summed E-state index contributed by atoms with van der Waals surface area (Å²) in [6.07, 6.45) is 2.59. The van der Waals surface area contributed by atoms with Crippen LogP contribution in [0.1, 0.15) is 39.2 Å². The van der Waals surface area contributed by atoms with Gasteiger partial charge in [0.1, 0.15) is 0 Å². The maximum absolute atomic E-state index is 6.15. The molecule has 0 spiro atoms. The second-order valence-corrected chi connectivity index (χ2v) is 8.85. The Morgan fingerprint density at radius 3 is 2.71 bits per heavy atom. The molecule has 3 rings (SSSR count). The van der Waals surface area contributed by atoms with Crippen LogP contribution in [0.5, 0.6) is 0 Å². The molecule has 31 heavy (non-hydrogen) atoms. The number of halogens is 1. The average Bonchev–Trinajstić information content (AvgIpc) is 3.18. The third kappa shape index (κ3) is 7.87. The van der Waals surface area contributed by atoms with Gasteiger partial charge in [-0.3, -0.25) is 9.89 Å². The number of nitrogens with zero attached hydrogens (tertiary/aromatic N) is 4. The minimum absolute atomic E-state index is 0. The number of rotatable bonds is 9. The number of benzene rings is 1. The van der Waals surface area contributed by atoms with Gasteiger partial charge in [-0.2, -0.15) is 0 Å². The quantitative estimate of drug-likeness (QED) is 0.224. The van der Waals surface area contributed by atoms with Gasteiger partial charge in [-0.25, -0.2) is 0 Å². The number of aliphatic imine (C=N–C) groups is 1. The van der Waals surface area contributed by atoms with Crippen molar-refractivity contribution in [1.29, 1.82) is 0 Å². The lowest BCUT2D eigenvalue weighted by atomic mass is 10.1. The summed E-state index contributed by atoms with van der Waals surface area (Å²) in [5.41, 5.74) is 1.38. The van der Waals surface area contributed by atoms with Gasteiger partial charge < -0.3 is 19.9 Å². The molecule has 1 aromatic carbocycles. The maximum atomic E-state index is 6.15. The Bertz CT molecular complexity index is 657. The first kappa shape index (κ1) is 26.4. The van der Waals surface area contributed by atoms with Crippen LogP contribution in [0.2, 0.25) is 0 Å². The van der Waals surface area contributed by atoms with Crippen LogP contribution in [0.4, 0.5) is 0 Å². The number of fused-ring (bicyclic) bond motifs is 1. The second kappa shape index (κ2) is 13.6. The molecule has 0 aliphatic carbocycles. The summed E-state index contributed by atoms with van der Waals surface area (Å²) in [6.45, 7) is 14.3. The van der Waals surface area contributed by atoms with E-state index in [0.717, 1.165) is 64.8 Å². The van der Waals surface area contributed by atoms with Crippen molar-refractivity contribution in [2.45, 2.75) is 58.3 Å². The minimum Gasteiger partial charge on any atom is -0.373 e. The Hall–Kier alpha value is -0.900. The first-order valence-electron chi connectivity index (χ1n) is 11.7. The summed E-state index contributed by atoms with van der Waals surface area (Å²) >= 11 is 0. The molecule has 2 fully saturated rings. The fourth-order valence-electron chi connectivity index (χ4n) is 4.29. The summed E-state index contributed by atoms with van der Waals surface area (Å²) in [5.74, 6) is 1.05. The Morgan fingerprint density at radius 2 is 2.00 bits per heavy atom. The summed E-state index contributed by atoms with van der Waals surface area (Å²) in [6, 6.07) is 11.8. The number of nitrogens with one attached hydrogen (secondary N) is 1. The van der Waals surface area contributed by atoms with Crippen molar-refractivity contribution in [2.75, 3.05) is 52.9 Å². The predicted octanol–water partition coefficient (Wildman–Crippen LogP) is 3.28. The first-order chi connectivity index (χ1) is 14.6. The molecule has 2 aliphatic heterocycles.